The first-order valence-corrected chi connectivity index (χ1v) is 8.24. The number of nitrogens with zero attached hydrogens (tertiary/aromatic N) is 2. The van der Waals surface area contributed by atoms with Gasteiger partial charge in [-0.1, -0.05) is 11.6 Å². The standard InChI is InChI=1S/C16H21ClN4O2/c1-20(15(22)14-10-18-16(23)19-14)12-6-8-21(9-7-12)13-4-2-11(17)3-5-13/h2-5,12,14H,6-10H2,1H3,(H2,18,19,23). The van der Waals surface area contributed by atoms with Crippen LogP contribution in [0.15, 0.2) is 24.3 Å². The number of piperidine rings is 1. The summed E-state index contributed by atoms with van der Waals surface area (Å²) in [5, 5.41) is 6.01. The highest BCUT2D eigenvalue weighted by molar-refractivity contribution is 6.30. The van der Waals surface area contributed by atoms with Gasteiger partial charge in [-0.2, -0.15) is 0 Å². The van der Waals surface area contributed by atoms with Crippen LogP contribution in [-0.2, 0) is 4.79 Å². The quantitative estimate of drug-likeness (QED) is 0.878. The van der Waals surface area contributed by atoms with Gasteiger partial charge in [0.15, 0.2) is 0 Å². The van der Waals surface area contributed by atoms with E-state index in [1.165, 1.54) is 0 Å². The van der Waals surface area contributed by atoms with Crippen molar-refractivity contribution >= 4 is 29.2 Å². The summed E-state index contributed by atoms with van der Waals surface area (Å²) in [6, 6.07) is 7.34. The van der Waals surface area contributed by atoms with Crippen molar-refractivity contribution in [3.8, 4) is 0 Å². The summed E-state index contributed by atoms with van der Waals surface area (Å²) in [5.74, 6) is -0.0201. The molecule has 1 aromatic carbocycles. The molecule has 3 amide bonds. The van der Waals surface area contributed by atoms with Crippen LogP contribution in [0.2, 0.25) is 5.02 Å². The lowest BCUT2D eigenvalue weighted by atomic mass is 10.0. The maximum atomic E-state index is 12.4. The molecule has 2 saturated heterocycles. The van der Waals surface area contributed by atoms with E-state index >= 15 is 0 Å². The third-order valence-electron chi connectivity index (χ3n) is 4.62. The largest absolute Gasteiger partial charge is 0.371 e. The van der Waals surface area contributed by atoms with Crippen molar-refractivity contribution in [3.63, 3.8) is 0 Å². The average Bonchev–Trinajstić information content (AvgIpc) is 3.01. The smallest absolute Gasteiger partial charge is 0.315 e. The number of hydrogen-bond donors (Lipinski definition) is 2. The fourth-order valence-electron chi connectivity index (χ4n) is 3.19. The lowest BCUT2D eigenvalue weighted by molar-refractivity contribution is -0.133. The predicted molar refractivity (Wildman–Crippen MR) is 89.8 cm³/mol. The average molecular weight is 337 g/mol. The zero-order valence-corrected chi connectivity index (χ0v) is 13.8. The number of nitrogens with one attached hydrogen (secondary N) is 2. The van der Waals surface area contributed by atoms with Crippen molar-refractivity contribution in [2.75, 3.05) is 31.6 Å². The van der Waals surface area contributed by atoms with E-state index in [4.69, 9.17) is 11.6 Å². The Kier molecular flexibility index (Phi) is 4.61. The van der Waals surface area contributed by atoms with Crippen molar-refractivity contribution < 1.29 is 9.59 Å². The van der Waals surface area contributed by atoms with Gasteiger partial charge in [0.1, 0.15) is 6.04 Å². The Balaban J connectivity index is 1.54. The lowest BCUT2D eigenvalue weighted by Crippen LogP contribution is -2.51. The maximum absolute atomic E-state index is 12.4. The third kappa shape index (κ3) is 3.52. The summed E-state index contributed by atoms with van der Waals surface area (Å²) in [7, 11) is 1.83. The molecular formula is C16H21ClN4O2. The minimum atomic E-state index is -0.443. The summed E-state index contributed by atoms with van der Waals surface area (Å²) in [5.41, 5.74) is 1.16. The number of carbonyl (C=O) groups excluding carboxylic acids is 2. The zero-order chi connectivity index (χ0) is 16.4. The molecule has 7 heteroatoms. The summed E-state index contributed by atoms with van der Waals surface area (Å²) in [6.07, 6.45) is 1.83. The number of likely N-dealkylation sites (N-methyl/N-ethyl adjacent to an activating group) is 1. The number of carbonyl (C=O) groups is 2. The summed E-state index contributed by atoms with van der Waals surface area (Å²) in [4.78, 5) is 27.7. The molecule has 0 radical (unpaired) electrons. The Morgan fingerprint density at radius 2 is 1.91 bits per heavy atom. The van der Waals surface area contributed by atoms with E-state index in [0.717, 1.165) is 36.6 Å². The SMILES string of the molecule is CN(C(=O)C1CNC(=O)N1)C1CCN(c2ccc(Cl)cc2)CC1. The van der Waals surface area contributed by atoms with E-state index in [2.05, 4.69) is 15.5 Å². The summed E-state index contributed by atoms with van der Waals surface area (Å²) in [6.45, 7) is 2.17. The highest BCUT2D eigenvalue weighted by Gasteiger charge is 2.33. The minimum absolute atomic E-state index is 0.0201. The molecular weight excluding hydrogens is 316 g/mol. The highest BCUT2D eigenvalue weighted by Crippen LogP contribution is 2.24. The second-order valence-electron chi connectivity index (χ2n) is 6.05. The van der Waals surface area contributed by atoms with Crippen LogP contribution in [0.3, 0.4) is 0 Å². The zero-order valence-electron chi connectivity index (χ0n) is 13.1. The highest BCUT2D eigenvalue weighted by atomic mass is 35.5. The van der Waals surface area contributed by atoms with Gasteiger partial charge in [0.05, 0.1) is 0 Å². The molecule has 0 aliphatic carbocycles. The van der Waals surface area contributed by atoms with E-state index in [-0.39, 0.29) is 18.0 Å². The molecule has 2 fully saturated rings. The predicted octanol–water partition coefficient (Wildman–Crippen LogP) is 1.45. The van der Waals surface area contributed by atoms with Crippen LogP contribution in [-0.4, -0.2) is 55.6 Å². The molecule has 0 aromatic heterocycles. The Hall–Kier alpha value is -1.95. The van der Waals surface area contributed by atoms with Gasteiger partial charge in [0.25, 0.3) is 0 Å². The van der Waals surface area contributed by atoms with Gasteiger partial charge in [-0.3, -0.25) is 4.79 Å². The molecule has 1 atom stereocenters. The van der Waals surface area contributed by atoms with E-state index < -0.39 is 6.04 Å². The van der Waals surface area contributed by atoms with E-state index in [1.54, 1.807) is 4.90 Å². The van der Waals surface area contributed by atoms with Crippen LogP contribution in [0.1, 0.15) is 12.8 Å². The molecule has 1 aromatic rings. The fraction of sp³-hybridized carbons (Fsp3) is 0.500. The van der Waals surface area contributed by atoms with Crippen LogP contribution in [0, 0.1) is 0 Å². The third-order valence-corrected chi connectivity index (χ3v) is 4.87. The van der Waals surface area contributed by atoms with Crippen LogP contribution in [0.5, 0.6) is 0 Å². The Morgan fingerprint density at radius 3 is 2.48 bits per heavy atom. The molecule has 0 bridgehead atoms. The Bertz CT molecular complexity index is 584. The monoisotopic (exact) mass is 336 g/mol. The number of rotatable bonds is 3. The van der Waals surface area contributed by atoms with Gasteiger partial charge in [-0.25, -0.2) is 4.79 Å². The number of benzene rings is 1. The lowest BCUT2D eigenvalue weighted by Gasteiger charge is -2.38. The molecule has 2 heterocycles. The van der Waals surface area contributed by atoms with Gasteiger partial charge in [0, 0.05) is 43.4 Å². The van der Waals surface area contributed by atoms with Crippen LogP contribution < -0.4 is 15.5 Å². The molecule has 3 rings (SSSR count). The molecule has 2 aliphatic heterocycles. The molecule has 1 unspecified atom stereocenters. The number of urea groups is 1. The summed E-state index contributed by atoms with van der Waals surface area (Å²) < 4.78 is 0. The molecule has 0 spiro atoms. The maximum Gasteiger partial charge on any atom is 0.315 e. The van der Waals surface area contributed by atoms with Crippen molar-refractivity contribution in [1.82, 2.24) is 15.5 Å². The molecule has 23 heavy (non-hydrogen) atoms. The minimum Gasteiger partial charge on any atom is -0.371 e. The van der Waals surface area contributed by atoms with Crippen molar-refractivity contribution in [2.24, 2.45) is 0 Å². The van der Waals surface area contributed by atoms with Crippen molar-refractivity contribution in [3.05, 3.63) is 29.3 Å². The van der Waals surface area contributed by atoms with Gasteiger partial charge in [-0.15, -0.1) is 0 Å². The molecule has 2 aliphatic rings. The van der Waals surface area contributed by atoms with E-state index in [1.807, 2.05) is 31.3 Å². The van der Waals surface area contributed by atoms with E-state index in [0.29, 0.717) is 6.54 Å². The first-order chi connectivity index (χ1) is 11.0. The summed E-state index contributed by atoms with van der Waals surface area (Å²) >= 11 is 5.92. The number of anilines is 1. The Morgan fingerprint density at radius 1 is 1.26 bits per heavy atom. The van der Waals surface area contributed by atoms with Crippen molar-refractivity contribution in [2.45, 2.75) is 24.9 Å². The van der Waals surface area contributed by atoms with Gasteiger partial charge < -0.3 is 20.4 Å². The normalized spacial score (nSPS) is 21.7. The van der Waals surface area contributed by atoms with Gasteiger partial charge in [0.2, 0.25) is 5.91 Å². The number of amides is 3. The fourth-order valence-corrected chi connectivity index (χ4v) is 3.32. The first kappa shape index (κ1) is 15.9. The van der Waals surface area contributed by atoms with Crippen LogP contribution in [0.4, 0.5) is 10.5 Å². The first-order valence-electron chi connectivity index (χ1n) is 7.86. The molecule has 2 N–H and O–H groups in total. The topological polar surface area (TPSA) is 64.7 Å². The number of hydrogen-bond acceptors (Lipinski definition) is 3. The van der Waals surface area contributed by atoms with Gasteiger partial charge in [-0.05, 0) is 37.1 Å². The second kappa shape index (κ2) is 6.66. The molecule has 6 nitrogen and oxygen atoms in total. The Labute approximate surface area is 140 Å². The van der Waals surface area contributed by atoms with Gasteiger partial charge >= 0.3 is 6.03 Å². The number of halogens is 1. The van der Waals surface area contributed by atoms with Crippen LogP contribution >= 0.6 is 11.6 Å². The second-order valence-corrected chi connectivity index (χ2v) is 6.49. The molecule has 0 saturated carbocycles. The van der Waals surface area contributed by atoms with Crippen LogP contribution in [0.25, 0.3) is 0 Å². The van der Waals surface area contributed by atoms with E-state index in [9.17, 15) is 9.59 Å². The molecule has 124 valence electrons. The van der Waals surface area contributed by atoms with Crippen molar-refractivity contribution in [1.29, 1.82) is 0 Å².